The van der Waals surface area contributed by atoms with Gasteiger partial charge in [0.05, 0.1) is 11.9 Å². The van der Waals surface area contributed by atoms with E-state index in [9.17, 15) is 13.6 Å². The Morgan fingerprint density at radius 2 is 1.83 bits per heavy atom. The molecule has 0 bridgehead atoms. The second-order valence-corrected chi connectivity index (χ2v) is 9.33. The highest BCUT2D eigenvalue weighted by atomic mass is 19.2. The van der Waals surface area contributed by atoms with E-state index >= 15 is 0 Å². The third-order valence-corrected chi connectivity index (χ3v) is 6.97. The number of amides is 1. The highest BCUT2D eigenvalue weighted by molar-refractivity contribution is 5.78. The molecule has 5 rings (SSSR count). The van der Waals surface area contributed by atoms with Crippen LogP contribution in [0.3, 0.4) is 0 Å². The monoisotopic (exact) mass is 485 g/mol. The summed E-state index contributed by atoms with van der Waals surface area (Å²) in [6.45, 7) is 2.89. The number of benzene rings is 1. The molecule has 0 unspecified atom stereocenters. The fourth-order valence-corrected chi connectivity index (χ4v) is 4.90. The number of hydrogen-bond acceptors (Lipinski definition) is 7. The first-order valence-electron chi connectivity index (χ1n) is 12.0. The minimum absolute atomic E-state index is 0.0102. The second-order valence-electron chi connectivity index (χ2n) is 9.33. The Labute approximate surface area is 201 Å². The van der Waals surface area contributed by atoms with Crippen LogP contribution in [0.2, 0.25) is 0 Å². The quantitative estimate of drug-likeness (QED) is 0.483. The summed E-state index contributed by atoms with van der Waals surface area (Å²) in [6.07, 6.45) is 6.02. The van der Waals surface area contributed by atoms with Gasteiger partial charge in [-0.05, 0) is 57.1 Å². The van der Waals surface area contributed by atoms with Gasteiger partial charge in [0, 0.05) is 31.2 Å². The molecule has 1 saturated heterocycles. The average molecular weight is 486 g/mol. The molecule has 4 N–H and O–H groups in total. The molecule has 1 amide bonds. The van der Waals surface area contributed by atoms with Gasteiger partial charge >= 0.3 is 0 Å². The predicted molar refractivity (Wildman–Crippen MR) is 127 cm³/mol. The van der Waals surface area contributed by atoms with E-state index < -0.39 is 11.6 Å². The summed E-state index contributed by atoms with van der Waals surface area (Å²) in [5.74, 6) is -1.49. The summed E-state index contributed by atoms with van der Waals surface area (Å²) in [6, 6.07) is 3.18. The molecule has 1 aliphatic carbocycles. The number of aromatic nitrogens is 4. The highest BCUT2D eigenvalue weighted by Crippen LogP contribution is 2.37. The number of primary amides is 1. The van der Waals surface area contributed by atoms with E-state index in [1.807, 2.05) is 4.57 Å². The number of anilines is 3. The molecule has 1 aliphatic heterocycles. The fourth-order valence-electron chi connectivity index (χ4n) is 4.90. The van der Waals surface area contributed by atoms with Crippen LogP contribution in [0.25, 0.3) is 11.2 Å². The van der Waals surface area contributed by atoms with Crippen LogP contribution in [-0.4, -0.2) is 44.7 Å². The number of ether oxygens (including phenoxy) is 1. The van der Waals surface area contributed by atoms with Crippen molar-refractivity contribution in [3.05, 3.63) is 35.5 Å². The lowest BCUT2D eigenvalue weighted by atomic mass is 9.85. The second kappa shape index (κ2) is 9.73. The molecule has 2 fully saturated rings. The molecule has 3 aromatic rings. The van der Waals surface area contributed by atoms with E-state index in [-0.39, 0.29) is 35.2 Å². The molecule has 0 radical (unpaired) electrons. The first-order valence-corrected chi connectivity index (χ1v) is 12.0. The number of hydrogen-bond donors (Lipinski definition) is 3. The van der Waals surface area contributed by atoms with E-state index in [1.54, 1.807) is 6.20 Å². The zero-order chi connectivity index (χ0) is 24.5. The van der Waals surface area contributed by atoms with Crippen LogP contribution in [0, 0.1) is 24.5 Å². The number of imidazole rings is 1. The number of halogens is 2. The molecule has 3 heterocycles. The van der Waals surface area contributed by atoms with E-state index in [4.69, 9.17) is 15.5 Å². The van der Waals surface area contributed by atoms with Gasteiger partial charge in [-0.3, -0.25) is 9.36 Å². The molecule has 1 saturated carbocycles. The maximum atomic E-state index is 14.7. The van der Waals surface area contributed by atoms with Crippen LogP contribution in [0.4, 0.5) is 26.4 Å². The largest absolute Gasteiger partial charge is 0.381 e. The van der Waals surface area contributed by atoms with Crippen molar-refractivity contribution in [2.45, 2.75) is 57.5 Å². The molecule has 186 valence electrons. The number of carbonyl (C=O) groups excluding carboxylic acids is 1. The third kappa shape index (κ3) is 4.77. The Kier molecular flexibility index (Phi) is 6.50. The van der Waals surface area contributed by atoms with Gasteiger partial charge in [0.15, 0.2) is 17.3 Å². The standard InChI is InChI=1S/C24H29F2N7O2/c1-13-2-7-17(20(26)19(13)25)30-24-31-18-12-28-23(29-15-8-10-35-11-9-15)32-22(18)33(24)16-5-3-14(4-6-16)21(27)34/h2,7,12,14-16H,3-6,8-11H2,1H3,(H2,27,34)(H,30,31)(H,28,29,32). The number of nitrogens with zero attached hydrogens (tertiary/aromatic N) is 4. The molecule has 2 aliphatic rings. The SMILES string of the molecule is Cc1ccc(Nc2nc3cnc(NC4CCOCC4)nc3n2C2CCC(C(N)=O)CC2)c(F)c1F. The molecule has 1 aromatic carbocycles. The zero-order valence-corrected chi connectivity index (χ0v) is 19.6. The number of rotatable bonds is 6. The van der Waals surface area contributed by atoms with Crippen LogP contribution in [0.5, 0.6) is 0 Å². The van der Waals surface area contributed by atoms with E-state index in [1.165, 1.54) is 19.1 Å². The third-order valence-electron chi connectivity index (χ3n) is 6.97. The Morgan fingerprint density at radius 3 is 2.54 bits per heavy atom. The molecule has 11 heteroatoms. The molecule has 2 aromatic heterocycles. The van der Waals surface area contributed by atoms with Gasteiger partial charge in [-0.2, -0.15) is 4.98 Å². The van der Waals surface area contributed by atoms with Crippen LogP contribution in [0.15, 0.2) is 18.3 Å². The van der Waals surface area contributed by atoms with Gasteiger partial charge in [0.1, 0.15) is 5.52 Å². The predicted octanol–water partition coefficient (Wildman–Crippen LogP) is 3.96. The lowest BCUT2D eigenvalue weighted by Crippen LogP contribution is -2.29. The van der Waals surface area contributed by atoms with Gasteiger partial charge in [0.25, 0.3) is 0 Å². The summed E-state index contributed by atoms with van der Waals surface area (Å²) in [5.41, 5.74) is 6.86. The molecule has 35 heavy (non-hydrogen) atoms. The van der Waals surface area contributed by atoms with Crippen LogP contribution >= 0.6 is 0 Å². The van der Waals surface area contributed by atoms with Gasteiger partial charge in [0.2, 0.25) is 17.8 Å². The Bertz CT molecular complexity index is 1230. The van der Waals surface area contributed by atoms with Crippen molar-refractivity contribution in [3.8, 4) is 0 Å². The summed E-state index contributed by atoms with van der Waals surface area (Å²) in [4.78, 5) is 25.5. The lowest BCUT2D eigenvalue weighted by molar-refractivity contribution is -0.122. The van der Waals surface area contributed by atoms with Crippen molar-refractivity contribution in [2.75, 3.05) is 23.8 Å². The van der Waals surface area contributed by atoms with Crippen molar-refractivity contribution >= 4 is 34.7 Å². The molecular weight excluding hydrogens is 456 g/mol. The number of nitrogens with one attached hydrogen (secondary N) is 2. The number of aryl methyl sites for hydroxylation is 1. The van der Waals surface area contributed by atoms with Crippen molar-refractivity contribution in [3.63, 3.8) is 0 Å². The van der Waals surface area contributed by atoms with Gasteiger partial charge in [-0.25, -0.2) is 18.7 Å². The first-order chi connectivity index (χ1) is 16.9. The smallest absolute Gasteiger partial charge is 0.224 e. The van der Waals surface area contributed by atoms with Crippen LogP contribution in [0.1, 0.15) is 50.1 Å². The van der Waals surface area contributed by atoms with Gasteiger partial charge in [-0.15, -0.1) is 0 Å². The zero-order valence-electron chi connectivity index (χ0n) is 19.6. The fraction of sp³-hybridized carbons (Fsp3) is 0.500. The summed E-state index contributed by atoms with van der Waals surface area (Å²) >= 11 is 0. The van der Waals surface area contributed by atoms with Crippen molar-refractivity contribution in [1.29, 1.82) is 0 Å². The minimum atomic E-state index is -0.964. The molecule has 0 spiro atoms. The molecule has 9 nitrogen and oxygen atoms in total. The van der Waals surface area contributed by atoms with E-state index in [2.05, 4.69) is 20.6 Å². The maximum Gasteiger partial charge on any atom is 0.224 e. The van der Waals surface area contributed by atoms with Crippen LogP contribution < -0.4 is 16.4 Å². The summed E-state index contributed by atoms with van der Waals surface area (Å²) in [5, 5.41) is 6.34. The normalized spacial score (nSPS) is 21.2. The lowest BCUT2D eigenvalue weighted by Gasteiger charge is -2.29. The first kappa shape index (κ1) is 23.4. The minimum Gasteiger partial charge on any atom is -0.381 e. The van der Waals surface area contributed by atoms with Crippen LogP contribution in [-0.2, 0) is 9.53 Å². The summed E-state index contributed by atoms with van der Waals surface area (Å²) < 4.78 is 36.2. The molecular formula is C24H29F2N7O2. The van der Waals surface area contributed by atoms with Gasteiger partial charge in [-0.1, -0.05) is 6.07 Å². The highest BCUT2D eigenvalue weighted by Gasteiger charge is 2.29. The average Bonchev–Trinajstić information content (AvgIpc) is 3.22. The molecule has 0 atom stereocenters. The Hall–Kier alpha value is -3.34. The number of fused-ring (bicyclic) bond motifs is 1. The van der Waals surface area contributed by atoms with Crippen molar-refractivity contribution in [2.24, 2.45) is 11.7 Å². The van der Waals surface area contributed by atoms with Crippen molar-refractivity contribution in [1.82, 2.24) is 19.5 Å². The number of carbonyl (C=O) groups is 1. The summed E-state index contributed by atoms with van der Waals surface area (Å²) in [7, 11) is 0. The Morgan fingerprint density at radius 1 is 1.09 bits per heavy atom. The number of nitrogens with two attached hydrogens (primary N) is 1. The van der Waals surface area contributed by atoms with Crippen molar-refractivity contribution < 1.29 is 18.3 Å². The topological polar surface area (TPSA) is 120 Å². The van der Waals surface area contributed by atoms with E-state index in [0.717, 1.165) is 12.8 Å². The Balaban J connectivity index is 1.51. The maximum absolute atomic E-state index is 14.7. The van der Waals surface area contributed by atoms with E-state index in [0.29, 0.717) is 62.0 Å². The van der Waals surface area contributed by atoms with Gasteiger partial charge < -0.3 is 21.1 Å².